The number of benzene rings is 2. The number of ketones is 1. The number of H-pyrrole nitrogens is 1. The first-order valence-corrected chi connectivity index (χ1v) is 37.6. The topological polar surface area (TPSA) is 624 Å². The number of fused-ring (bicyclic) bond motifs is 6. The third-order valence-corrected chi connectivity index (χ3v) is 19.6. The van der Waals surface area contributed by atoms with Gasteiger partial charge in [-0.2, -0.15) is 11.8 Å². The van der Waals surface area contributed by atoms with E-state index >= 15 is 14.4 Å². The number of nitrogens with zero attached hydrogens (tertiary/aromatic N) is 7. The Kier molecular flexibility index (Phi) is 33.9. The first kappa shape index (κ1) is 90.2. The predicted molar refractivity (Wildman–Crippen MR) is 405 cm³/mol. The van der Waals surface area contributed by atoms with Crippen molar-refractivity contribution in [3.8, 4) is 0 Å². The normalized spacial score (nSPS) is 17.7. The van der Waals surface area contributed by atoms with Gasteiger partial charge < -0.3 is 91.9 Å². The Morgan fingerprint density at radius 1 is 0.634 bits per heavy atom. The minimum absolute atomic E-state index is 0.00803. The second-order valence-corrected chi connectivity index (χ2v) is 29.2. The Bertz CT molecular complexity index is 4070. The zero-order valence-corrected chi connectivity index (χ0v) is 64.1. The summed E-state index contributed by atoms with van der Waals surface area (Å²) in [6.45, 7) is 4.58. The van der Waals surface area contributed by atoms with Gasteiger partial charge in [-0.15, -0.1) is 0 Å². The van der Waals surface area contributed by atoms with Gasteiger partial charge >= 0.3 is 17.9 Å². The highest BCUT2D eigenvalue weighted by Crippen LogP contribution is 2.36. The molecule has 3 aliphatic rings. The number of primary amides is 2. The molecular weight excluding hydrogens is 1480 g/mol. The van der Waals surface area contributed by atoms with E-state index in [1.807, 2.05) is 0 Å². The van der Waals surface area contributed by atoms with Gasteiger partial charge in [0.2, 0.25) is 64.5 Å². The molecule has 7 rings (SSSR count). The van der Waals surface area contributed by atoms with Crippen LogP contribution in [0, 0.1) is 11.8 Å². The lowest BCUT2D eigenvalue weighted by molar-refractivity contribution is -0.145. The van der Waals surface area contributed by atoms with Crippen molar-refractivity contribution < 1.29 is 92.0 Å². The zero-order chi connectivity index (χ0) is 83.0. The van der Waals surface area contributed by atoms with E-state index in [0.29, 0.717) is 16.5 Å². The Balaban J connectivity index is 1.21. The van der Waals surface area contributed by atoms with Crippen molar-refractivity contribution >= 4 is 117 Å². The number of carbonyl (C=O) groups is 16. The van der Waals surface area contributed by atoms with Crippen LogP contribution in [0.25, 0.3) is 10.9 Å². The number of carboxylic acid groups (broad SMARTS) is 3. The van der Waals surface area contributed by atoms with E-state index in [0.717, 1.165) is 11.8 Å². The van der Waals surface area contributed by atoms with Crippen LogP contribution in [0.15, 0.2) is 61.2 Å². The molecule has 5 heterocycles. The number of aliphatic carboxylic acids is 3. The van der Waals surface area contributed by atoms with Crippen LogP contribution in [0.2, 0.25) is 0 Å². The molecule has 3 aliphatic heterocycles. The summed E-state index contributed by atoms with van der Waals surface area (Å²) in [7, 11) is 0. The smallest absolute Gasteiger partial charge is 0.317 e. The van der Waals surface area contributed by atoms with Crippen molar-refractivity contribution in [3.63, 3.8) is 0 Å². The molecule has 112 heavy (non-hydrogen) atoms. The van der Waals surface area contributed by atoms with Crippen molar-refractivity contribution in [2.24, 2.45) is 46.2 Å². The molecule has 4 aromatic rings. The summed E-state index contributed by atoms with van der Waals surface area (Å²) in [5, 5.41) is 47.3. The van der Waals surface area contributed by atoms with E-state index in [2.05, 4.69) is 47.2 Å². The van der Waals surface area contributed by atoms with Crippen molar-refractivity contribution in [3.05, 3.63) is 89.1 Å². The number of carbonyl (C=O) groups excluding carboxylic acids is 13. The number of Topliss-reactive ketones (excluding diaryl/α,β-unsaturated/α-hetero) is 1. The van der Waals surface area contributed by atoms with Gasteiger partial charge in [0.1, 0.15) is 24.2 Å². The SMILES string of the molecule is CSCC(NC(=O)CNC(=O)CN1CCN(CC(=O)O)CCN(CC(=O)O)CCN(CC(=O)O)CC1)[C@]1(C(N)=O)C(=O)c2ccc(c(C(N)CN)c2)C(=O)N1C(=O)[C@H](CC(C)C)NC(=O)[C@H](Cc1cnc[nH]1)NC(=O)CNC(=O)[C@@H](NC(=O)[C@H](C)NC(=O)[C@@H](N)Cc1cn(C(=O)[C@@H](N)CCC(N)=O)c2ccccc12)C(C)C. The molecule has 41 heteroatoms. The van der Waals surface area contributed by atoms with Gasteiger partial charge in [-0.05, 0) is 73.6 Å². The van der Waals surface area contributed by atoms with Crippen molar-refractivity contribution in [1.82, 2.24) is 76.3 Å². The van der Waals surface area contributed by atoms with Gasteiger partial charge in [0.05, 0.1) is 69.2 Å². The second-order valence-electron chi connectivity index (χ2n) is 28.3. The first-order chi connectivity index (χ1) is 52.9. The molecule has 2 aromatic carbocycles. The van der Waals surface area contributed by atoms with Gasteiger partial charge in [0.25, 0.3) is 17.7 Å². The molecule has 0 radical (unpaired) electrons. The number of hydrogen-bond acceptors (Lipinski definition) is 26. The third-order valence-electron chi connectivity index (χ3n) is 18.9. The first-order valence-electron chi connectivity index (χ1n) is 36.2. The van der Waals surface area contributed by atoms with Crippen LogP contribution < -0.4 is 71.6 Å². The number of nitrogens with one attached hydrogen (secondary N) is 8. The number of aromatic amines is 1. The van der Waals surface area contributed by atoms with Crippen LogP contribution in [-0.2, 0) is 75.2 Å². The molecule has 0 saturated carbocycles. The largest absolute Gasteiger partial charge is 0.480 e. The zero-order valence-electron chi connectivity index (χ0n) is 63.3. The monoisotopic (exact) mass is 1590 g/mol. The summed E-state index contributed by atoms with van der Waals surface area (Å²) in [6.07, 6.45) is 4.63. The maximum Gasteiger partial charge on any atom is 0.317 e. The quantitative estimate of drug-likeness (QED) is 0.0185. The molecule has 1 saturated heterocycles. The maximum absolute atomic E-state index is 16.0. The van der Waals surface area contributed by atoms with Gasteiger partial charge in [0, 0.05) is 118 Å². The van der Waals surface area contributed by atoms with E-state index in [4.69, 9.17) is 34.4 Å². The summed E-state index contributed by atoms with van der Waals surface area (Å²) in [6, 6.07) is -1.26. The number of para-hydroxylation sites is 1. The minimum atomic E-state index is -3.21. The number of amides is 11. The maximum atomic E-state index is 16.0. The van der Waals surface area contributed by atoms with Gasteiger partial charge in [0.15, 0.2) is 0 Å². The van der Waals surface area contributed by atoms with E-state index < -0.39 is 205 Å². The summed E-state index contributed by atoms with van der Waals surface area (Å²) in [4.78, 5) is 234. The molecule has 0 aliphatic carbocycles. The lowest BCUT2D eigenvalue weighted by Crippen LogP contribution is -2.77. The fourth-order valence-electron chi connectivity index (χ4n) is 13.0. The molecule has 2 bridgehead atoms. The van der Waals surface area contributed by atoms with E-state index in [1.54, 1.807) is 61.8 Å². The van der Waals surface area contributed by atoms with Crippen LogP contribution in [0.3, 0.4) is 0 Å². The van der Waals surface area contributed by atoms with Gasteiger partial charge in [-0.25, -0.2) is 4.98 Å². The molecule has 40 nitrogen and oxygen atoms in total. The highest BCUT2D eigenvalue weighted by Gasteiger charge is 2.62. The molecule has 2 unspecified atom stereocenters. The van der Waals surface area contributed by atoms with Crippen LogP contribution >= 0.6 is 11.8 Å². The molecule has 2 aromatic heterocycles. The number of aromatic nitrogens is 3. The molecular formula is C71H103N21O19S. The molecule has 11 amide bonds. The molecule has 23 N–H and O–H groups in total. The Morgan fingerprint density at radius 3 is 1.73 bits per heavy atom. The standard InChI is InChI=1S/C71H103N21O19S/c1-38(2)23-51(84-65(106)50(26-43-28-78-37-81-43)83-55(94)30-80-66(107)61(39(3)4)86-63(104)40(5)82-64(105)48(74)25-42-31-91(52-10-8-7-9-44(42)52)68(109)47(73)13-14-54(76)93)69(110)92-67(108)45-12-11-41(24-46(45)49(75)27-72)62(103)71(92,70(77)111)53(36-112-6)85-56(95)29-79-57(96)32-87-15-17-88(33-58(97)98)19-21-90(35-60(101)102)22-20-89(18-16-87)34-59(99)100/h7-12,24,28,31,37-40,47-51,53,61H,13-23,25-27,29-30,32-36,72-75H2,1-6H3,(H2,76,93)(H2,77,111)(H,78,81)(H,79,96)(H,80,107)(H,82,105)(H,83,94)(H,84,106)(H,85,95)(H,86,104)(H,97,98)(H,99,100)(H,101,102)/t40-,47-,48-,49?,50-,51-,53?,61-,71+/m0/s1. The number of rotatable bonds is 39. The number of carboxylic acids is 3. The predicted octanol–water partition coefficient (Wildman–Crippen LogP) is -6.03. The summed E-state index contributed by atoms with van der Waals surface area (Å²) >= 11 is 0.934. The van der Waals surface area contributed by atoms with Crippen LogP contribution in [0.5, 0.6) is 0 Å². The Morgan fingerprint density at radius 2 is 1.21 bits per heavy atom. The Labute approximate surface area is 649 Å². The molecule has 9 atom stereocenters. The van der Waals surface area contributed by atoms with Crippen LogP contribution in [-0.4, -0.2) is 307 Å². The molecule has 1 fully saturated rings. The number of hydrogen-bond donors (Lipinski definition) is 17. The lowest BCUT2D eigenvalue weighted by atomic mass is 9.76. The fraction of sp³-hybridized carbons (Fsp3) is 0.535. The van der Waals surface area contributed by atoms with E-state index in [9.17, 15) is 77.6 Å². The average Bonchev–Trinajstić information content (AvgIpc) is 1.05. The van der Waals surface area contributed by atoms with Crippen LogP contribution in [0.4, 0.5) is 0 Å². The summed E-state index contributed by atoms with van der Waals surface area (Å²) in [5.74, 6) is -18.5. The van der Waals surface area contributed by atoms with E-state index in [-0.39, 0.29) is 118 Å². The van der Waals surface area contributed by atoms with Gasteiger partial charge in [-0.3, -0.25) is 106 Å². The molecule has 0 spiro atoms. The number of imidazole rings is 1. The number of nitrogens with two attached hydrogens (primary N) is 6. The van der Waals surface area contributed by atoms with Gasteiger partial charge in [-0.1, -0.05) is 52.0 Å². The fourth-order valence-corrected chi connectivity index (χ4v) is 13.7. The third kappa shape index (κ3) is 24.9. The van der Waals surface area contributed by atoms with Crippen molar-refractivity contribution in [2.45, 2.75) is 121 Å². The van der Waals surface area contributed by atoms with Crippen molar-refractivity contribution in [1.29, 1.82) is 0 Å². The molecule has 612 valence electrons. The minimum Gasteiger partial charge on any atom is -0.480 e. The Hall–Kier alpha value is -10.7. The highest BCUT2D eigenvalue weighted by molar-refractivity contribution is 7.98. The lowest BCUT2D eigenvalue weighted by Gasteiger charge is -2.46. The summed E-state index contributed by atoms with van der Waals surface area (Å²) < 4.78 is 1.31. The second kappa shape index (κ2) is 42.1. The average molecular weight is 1590 g/mol. The van der Waals surface area contributed by atoms with Crippen molar-refractivity contribution in [2.75, 3.05) is 110 Å². The van der Waals surface area contributed by atoms with E-state index in [1.165, 1.54) is 64.5 Å². The number of thioether (sulfide) groups is 1. The number of imide groups is 1. The summed E-state index contributed by atoms with van der Waals surface area (Å²) in [5.41, 5.74) is 33.8. The van der Waals surface area contributed by atoms with Crippen LogP contribution in [0.1, 0.15) is 102 Å². The highest BCUT2D eigenvalue weighted by atomic mass is 32.2.